The molecule has 2 rings (SSSR count). The van der Waals surface area contributed by atoms with E-state index in [9.17, 15) is 19.3 Å². The number of ether oxygens (including phenoxy) is 1. The highest BCUT2D eigenvalue weighted by molar-refractivity contribution is 9.10. The summed E-state index contributed by atoms with van der Waals surface area (Å²) in [5.74, 6) is -1.13. The van der Waals surface area contributed by atoms with Gasteiger partial charge in [0.2, 0.25) is 0 Å². The fourth-order valence-corrected chi connectivity index (χ4v) is 2.02. The van der Waals surface area contributed by atoms with Crippen molar-refractivity contribution in [2.45, 2.75) is 6.92 Å². The van der Waals surface area contributed by atoms with Crippen LogP contribution in [0.25, 0.3) is 0 Å². The predicted octanol–water partition coefficient (Wildman–Crippen LogP) is 4.49. The minimum Gasteiger partial charge on any atom is -0.453 e. The summed E-state index contributed by atoms with van der Waals surface area (Å²) < 4.78 is 19.8. The smallest absolute Gasteiger partial charge is 0.272 e. The molecule has 0 N–H and O–H groups in total. The third-order valence-electron chi connectivity index (χ3n) is 2.67. The molecule has 0 unspecified atom stereocenters. The highest BCUT2D eigenvalue weighted by Crippen LogP contribution is 2.31. The molecule has 0 saturated carbocycles. The summed E-state index contributed by atoms with van der Waals surface area (Å²) in [6.45, 7) is 1.36. The summed E-state index contributed by atoms with van der Waals surface area (Å²) in [7, 11) is 0. The third kappa shape index (κ3) is 3.43. The van der Waals surface area contributed by atoms with Gasteiger partial charge in [-0.2, -0.15) is 0 Å². The maximum absolute atomic E-state index is 13.8. The first-order chi connectivity index (χ1) is 9.88. The zero-order valence-electron chi connectivity index (χ0n) is 10.8. The lowest BCUT2D eigenvalue weighted by Gasteiger charge is -2.10. The zero-order valence-corrected chi connectivity index (χ0v) is 12.4. The molecule has 108 valence electrons. The van der Waals surface area contributed by atoms with Gasteiger partial charge >= 0.3 is 0 Å². The van der Waals surface area contributed by atoms with Gasteiger partial charge < -0.3 is 4.74 Å². The summed E-state index contributed by atoms with van der Waals surface area (Å²) in [5, 5.41) is 10.6. The molecule has 21 heavy (non-hydrogen) atoms. The lowest BCUT2D eigenvalue weighted by Crippen LogP contribution is -1.98. The van der Waals surface area contributed by atoms with Gasteiger partial charge in [0.25, 0.3) is 5.69 Å². The van der Waals surface area contributed by atoms with Gasteiger partial charge in [0.15, 0.2) is 17.3 Å². The molecule has 0 amide bonds. The third-order valence-corrected chi connectivity index (χ3v) is 3.16. The average molecular weight is 354 g/mol. The number of hydrogen-bond acceptors (Lipinski definition) is 4. The molecule has 2 aromatic carbocycles. The van der Waals surface area contributed by atoms with E-state index in [1.165, 1.54) is 13.0 Å². The number of rotatable bonds is 4. The molecule has 0 fully saturated rings. The Morgan fingerprint density at radius 3 is 2.52 bits per heavy atom. The summed E-state index contributed by atoms with van der Waals surface area (Å²) in [6.07, 6.45) is 0. The molecule has 5 nitrogen and oxygen atoms in total. The number of Topliss-reactive ketones (excluding diaryl/α,β-unsaturated/α-hetero) is 1. The number of carbonyl (C=O) groups excluding carboxylic acids is 1. The molecular weight excluding hydrogens is 345 g/mol. The van der Waals surface area contributed by atoms with Crippen molar-refractivity contribution in [3.63, 3.8) is 0 Å². The van der Waals surface area contributed by atoms with Crippen LogP contribution in [0.4, 0.5) is 10.1 Å². The maximum Gasteiger partial charge on any atom is 0.272 e. The summed E-state index contributed by atoms with van der Waals surface area (Å²) in [4.78, 5) is 21.4. The monoisotopic (exact) mass is 353 g/mol. The molecule has 0 aliphatic carbocycles. The quantitative estimate of drug-likeness (QED) is 0.461. The second-order valence-electron chi connectivity index (χ2n) is 4.17. The van der Waals surface area contributed by atoms with Crippen LogP contribution < -0.4 is 4.74 Å². The molecule has 0 atom stereocenters. The Morgan fingerprint density at radius 2 is 1.95 bits per heavy atom. The highest BCUT2D eigenvalue weighted by atomic mass is 79.9. The normalized spacial score (nSPS) is 10.2. The summed E-state index contributed by atoms with van der Waals surface area (Å²) >= 11 is 3.23. The minimum absolute atomic E-state index is 0.171. The van der Waals surface area contributed by atoms with E-state index in [0.29, 0.717) is 4.47 Å². The minimum atomic E-state index is -0.876. The molecule has 0 aliphatic rings. The number of nitro groups is 1. The van der Waals surface area contributed by atoms with E-state index in [0.717, 1.165) is 18.2 Å². The van der Waals surface area contributed by atoms with Gasteiger partial charge in [0.1, 0.15) is 5.75 Å². The first kappa shape index (κ1) is 15.1. The van der Waals surface area contributed by atoms with Crippen LogP contribution in [0.15, 0.2) is 40.9 Å². The molecule has 0 radical (unpaired) electrons. The van der Waals surface area contributed by atoms with Crippen molar-refractivity contribution in [1.29, 1.82) is 0 Å². The van der Waals surface area contributed by atoms with Gasteiger partial charge in [-0.1, -0.05) is 15.9 Å². The van der Waals surface area contributed by atoms with Crippen molar-refractivity contribution in [2.75, 3.05) is 0 Å². The van der Waals surface area contributed by atoms with Gasteiger partial charge in [-0.15, -0.1) is 0 Å². The molecule has 0 aromatic heterocycles. The number of ketones is 1. The molecular formula is C14H9BrFNO4. The van der Waals surface area contributed by atoms with E-state index < -0.39 is 10.7 Å². The predicted molar refractivity (Wildman–Crippen MR) is 77.3 cm³/mol. The number of non-ortho nitro benzene ring substituents is 1. The van der Waals surface area contributed by atoms with Gasteiger partial charge in [-0.3, -0.25) is 14.9 Å². The molecule has 0 saturated heterocycles. The number of nitro benzene ring substituents is 1. The van der Waals surface area contributed by atoms with Crippen LogP contribution in [-0.2, 0) is 0 Å². The molecule has 2 aromatic rings. The molecule has 0 heterocycles. The van der Waals surface area contributed by atoms with Crippen LogP contribution >= 0.6 is 15.9 Å². The van der Waals surface area contributed by atoms with E-state index in [-0.39, 0.29) is 28.5 Å². The maximum atomic E-state index is 13.8. The van der Waals surface area contributed by atoms with Crippen LogP contribution in [0, 0.1) is 15.9 Å². The van der Waals surface area contributed by atoms with E-state index in [1.54, 1.807) is 12.1 Å². The summed E-state index contributed by atoms with van der Waals surface area (Å²) in [5.41, 5.74) is -0.0863. The largest absolute Gasteiger partial charge is 0.453 e. The summed E-state index contributed by atoms with van der Waals surface area (Å²) in [6, 6.07) is 7.78. The van der Waals surface area contributed by atoms with Gasteiger partial charge in [0.05, 0.1) is 16.6 Å². The topological polar surface area (TPSA) is 69.4 Å². The lowest BCUT2D eigenvalue weighted by atomic mass is 10.1. The van der Waals surface area contributed by atoms with Crippen molar-refractivity contribution in [1.82, 2.24) is 0 Å². The van der Waals surface area contributed by atoms with Crippen molar-refractivity contribution < 1.29 is 18.8 Å². The number of benzene rings is 2. The first-order valence-corrected chi connectivity index (χ1v) is 6.60. The highest BCUT2D eigenvalue weighted by Gasteiger charge is 2.15. The Hall–Kier alpha value is -2.28. The van der Waals surface area contributed by atoms with Crippen LogP contribution in [0.1, 0.15) is 17.3 Å². The van der Waals surface area contributed by atoms with Crippen molar-refractivity contribution >= 4 is 27.4 Å². The van der Waals surface area contributed by atoms with Crippen LogP contribution in [-0.4, -0.2) is 10.7 Å². The number of hydrogen-bond donors (Lipinski definition) is 0. The van der Waals surface area contributed by atoms with Gasteiger partial charge in [-0.25, -0.2) is 4.39 Å². The standard InChI is InChI=1S/C14H9BrFNO4/c1-8(18)11-4-2-9(15)6-14(11)21-13-5-3-10(17(19)20)7-12(13)16/h2-7H,1H3. The van der Waals surface area contributed by atoms with E-state index >= 15 is 0 Å². The Bertz CT molecular complexity index is 733. The Labute approximate surface area is 127 Å². The Kier molecular flexibility index (Phi) is 4.32. The second-order valence-corrected chi connectivity index (χ2v) is 5.09. The van der Waals surface area contributed by atoms with Gasteiger partial charge in [0, 0.05) is 10.5 Å². The molecule has 0 bridgehead atoms. The fourth-order valence-electron chi connectivity index (χ4n) is 1.68. The molecule has 7 heteroatoms. The molecule has 0 spiro atoms. The zero-order chi connectivity index (χ0) is 15.6. The SMILES string of the molecule is CC(=O)c1ccc(Br)cc1Oc1ccc([N+](=O)[O-])cc1F. The number of nitrogens with zero attached hydrogens (tertiary/aromatic N) is 1. The number of carbonyl (C=O) groups is 1. The second kappa shape index (κ2) is 6.01. The number of halogens is 2. The van der Waals surface area contributed by atoms with Crippen molar-refractivity contribution in [3.8, 4) is 11.5 Å². The van der Waals surface area contributed by atoms with Crippen molar-refractivity contribution in [3.05, 3.63) is 62.4 Å². The molecule has 0 aliphatic heterocycles. The average Bonchev–Trinajstić information content (AvgIpc) is 2.40. The van der Waals surface area contributed by atoms with Crippen LogP contribution in [0.3, 0.4) is 0 Å². The Balaban J connectivity index is 2.40. The fraction of sp³-hybridized carbons (Fsp3) is 0.0714. The van der Waals surface area contributed by atoms with Crippen molar-refractivity contribution in [2.24, 2.45) is 0 Å². The Morgan fingerprint density at radius 1 is 1.24 bits per heavy atom. The van der Waals surface area contributed by atoms with E-state index in [2.05, 4.69) is 15.9 Å². The van der Waals surface area contributed by atoms with Gasteiger partial charge in [-0.05, 0) is 31.2 Å². The van der Waals surface area contributed by atoms with Crippen LogP contribution in [0.2, 0.25) is 0 Å². The lowest BCUT2D eigenvalue weighted by molar-refractivity contribution is -0.385. The van der Waals surface area contributed by atoms with Crippen LogP contribution in [0.5, 0.6) is 11.5 Å². The first-order valence-electron chi connectivity index (χ1n) is 5.81. The van der Waals surface area contributed by atoms with E-state index in [4.69, 9.17) is 4.74 Å². The van der Waals surface area contributed by atoms with E-state index in [1.807, 2.05) is 0 Å².